The van der Waals surface area contributed by atoms with E-state index in [-0.39, 0.29) is 5.91 Å². The molecule has 0 saturated carbocycles. The van der Waals surface area contributed by atoms with Crippen LogP contribution < -0.4 is 5.32 Å². The van der Waals surface area contributed by atoms with E-state index in [1.54, 1.807) is 0 Å². The van der Waals surface area contributed by atoms with Crippen LogP contribution in [0.4, 0.5) is 0 Å². The topological polar surface area (TPSA) is 32.3 Å². The van der Waals surface area contributed by atoms with Crippen LogP contribution in [0.5, 0.6) is 0 Å². The summed E-state index contributed by atoms with van der Waals surface area (Å²) in [6, 6.07) is 0. The van der Waals surface area contributed by atoms with Crippen LogP contribution in [0.3, 0.4) is 0 Å². The van der Waals surface area contributed by atoms with Crippen LogP contribution in [0.15, 0.2) is 0 Å². The molecule has 0 unspecified atom stereocenters. The lowest BCUT2D eigenvalue weighted by Crippen LogP contribution is -2.36. The van der Waals surface area contributed by atoms with Crippen LogP contribution in [0.25, 0.3) is 0 Å². The minimum absolute atomic E-state index is 0.240. The maximum atomic E-state index is 11.9. The Morgan fingerprint density at radius 3 is 2.04 bits per heavy atom. The van der Waals surface area contributed by atoms with Crippen LogP contribution in [0.1, 0.15) is 97.3 Å². The van der Waals surface area contributed by atoms with Crippen molar-refractivity contribution in [1.82, 2.24) is 10.2 Å². The van der Waals surface area contributed by atoms with Crippen molar-refractivity contribution in [1.29, 1.82) is 0 Å². The smallest absolute Gasteiger partial charge is 0.221 e. The van der Waals surface area contributed by atoms with Gasteiger partial charge in [0.2, 0.25) is 5.91 Å². The molecule has 0 atom stereocenters. The highest BCUT2D eigenvalue weighted by Crippen LogP contribution is 2.15. The van der Waals surface area contributed by atoms with Gasteiger partial charge < -0.3 is 10.2 Å². The van der Waals surface area contributed by atoms with Crippen LogP contribution in [-0.4, -0.2) is 37.0 Å². The Hall–Kier alpha value is -0.570. The van der Waals surface area contributed by atoms with Gasteiger partial charge >= 0.3 is 0 Å². The first kappa shape index (κ1) is 21.5. The molecule has 0 aliphatic carbocycles. The zero-order valence-corrected chi connectivity index (χ0v) is 16.5. The molecule has 3 nitrogen and oxygen atoms in total. The van der Waals surface area contributed by atoms with E-state index in [4.69, 9.17) is 0 Å². The molecule has 1 saturated heterocycles. The Morgan fingerprint density at radius 1 is 0.917 bits per heavy atom. The average molecular weight is 339 g/mol. The van der Waals surface area contributed by atoms with Crippen molar-refractivity contribution in [2.24, 2.45) is 5.92 Å². The maximum Gasteiger partial charge on any atom is 0.221 e. The molecular weight excluding hydrogens is 296 g/mol. The second kappa shape index (κ2) is 14.7. The van der Waals surface area contributed by atoms with Crippen molar-refractivity contribution in [2.75, 3.05) is 26.2 Å². The molecule has 24 heavy (non-hydrogen) atoms. The third kappa shape index (κ3) is 11.9. The lowest BCUT2D eigenvalue weighted by molar-refractivity contribution is -0.121. The molecular formula is C21H42N2O. The number of nitrogens with one attached hydrogen (secondary N) is 1. The SMILES string of the molecule is CCCCCCCCCCCCNC(=O)CCN1CCC(C)CC1. The van der Waals surface area contributed by atoms with Crippen molar-refractivity contribution in [3.8, 4) is 0 Å². The molecule has 1 N–H and O–H groups in total. The summed E-state index contributed by atoms with van der Waals surface area (Å²) in [4.78, 5) is 14.3. The van der Waals surface area contributed by atoms with Crippen molar-refractivity contribution in [3.63, 3.8) is 0 Å². The summed E-state index contributed by atoms with van der Waals surface area (Å²) in [7, 11) is 0. The second-order valence-electron chi connectivity index (χ2n) is 7.81. The van der Waals surface area contributed by atoms with Gasteiger partial charge in [0.15, 0.2) is 0 Å². The average Bonchev–Trinajstić information content (AvgIpc) is 2.59. The Bertz CT molecular complexity index is 298. The summed E-state index contributed by atoms with van der Waals surface area (Å²) < 4.78 is 0. The molecule has 1 heterocycles. The van der Waals surface area contributed by atoms with Crippen molar-refractivity contribution in [2.45, 2.75) is 97.3 Å². The van der Waals surface area contributed by atoms with Crippen LogP contribution in [0, 0.1) is 5.92 Å². The van der Waals surface area contributed by atoms with Crippen LogP contribution in [-0.2, 0) is 4.79 Å². The number of likely N-dealkylation sites (tertiary alicyclic amines) is 1. The van der Waals surface area contributed by atoms with Gasteiger partial charge in [0, 0.05) is 19.5 Å². The highest BCUT2D eigenvalue weighted by molar-refractivity contribution is 5.75. The molecule has 0 radical (unpaired) electrons. The van der Waals surface area contributed by atoms with Gasteiger partial charge in [0.05, 0.1) is 0 Å². The molecule has 0 spiro atoms. The van der Waals surface area contributed by atoms with E-state index < -0.39 is 0 Å². The number of hydrogen-bond acceptors (Lipinski definition) is 2. The molecule has 1 amide bonds. The van der Waals surface area contributed by atoms with Gasteiger partial charge in [-0.05, 0) is 38.3 Å². The number of carbonyl (C=O) groups is 1. The number of hydrogen-bond donors (Lipinski definition) is 1. The Labute approximate surface area is 151 Å². The number of amides is 1. The zero-order chi connectivity index (χ0) is 17.5. The number of carbonyl (C=O) groups excluding carboxylic acids is 1. The predicted molar refractivity (Wildman–Crippen MR) is 104 cm³/mol. The highest BCUT2D eigenvalue weighted by atomic mass is 16.1. The van der Waals surface area contributed by atoms with Gasteiger partial charge in [-0.15, -0.1) is 0 Å². The Kier molecular flexibility index (Phi) is 13.2. The first-order chi connectivity index (χ1) is 11.7. The van der Waals surface area contributed by atoms with E-state index >= 15 is 0 Å². The Balaban J connectivity index is 1.81. The largest absolute Gasteiger partial charge is 0.356 e. The third-order valence-corrected chi connectivity index (χ3v) is 5.38. The molecule has 0 aromatic rings. The molecule has 0 aromatic carbocycles. The van der Waals surface area contributed by atoms with Gasteiger partial charge in [-0.2, -0.15) is 0 Å². The number of nitrogens with zero attached hydrogens (tertiary/aromatic N) is 1. The van der Waals surface area contributed by atoms with E-state index in [0.717, 1.165) is 25.4 Å². The number of piperidine rings is 1. The molecule has 1 aliphatic heterocycles. The molecule has 0 aromatic heterocycles. The van der Waals surface area contributed by atoms with E-state index in [1.807, 2.05) is 0 Å². The monoisotopic (exact) mass is 338 g/mol. The summed E-state index contributed by atoms with van der Waals surface area (Å²) in [5.41, 5.74) is 0. The van der Waals surface area contributed by atoms with Gasteiger partial charge in [-0.3, -0.25) is 4.79 Å². The minimum Gasteiger partial charge on any atom is -0.356 e. The maximum absolute atomic E-state index is 11.9. The standard InChI is InChI=1S/C21H42N2O/c1-3-4-5-6-7-8-9-10-11-12-16-22-21(24)15-19-23-17-13-20(2)14-18-23/h20H,3-19H2,1-2H3,(H,22,24). The Morgan fingerprint density at radius 2 is 1.46 bits per heavy atom. The van der Waals surface area contributed by atoms with Crippen LogP contribution >= 0.6 is 0 Å². The van der Waals surface area contributed by atoms with Gasteiger partial charge in [-0.1, -0.05) is 71.6 Å². The van der Waals surface area contributed by atoms with Crippen LogP contribution in [0.2, 0.25) is 0 Å². The minimum atomic E-state index is 0.240. The quantitative estimate of drug-likeness (QED) is 0.444. The first-order valence-electron chi connectivity index (χ1n) is 10.7. The predicted octanol–water partition coefficient (Wildman–Crippen LogP) is 5.15. The van der Waals surface area contributed by atoms with E-state index in [1.165, 1.54) is 83.7 Å². The molecule has 0 bridgehead atoms. The zero-order valence-electron chi connectivity index (χ0n) is 16.5. The van der Waals surface area contributed by atoms with E-state index in [0.29, 0.717) is 6.42 Å². The summed E-state index contributed by atoms with van der Waals surface area (Å²) in [6.07, 6.45) is 16.7. The molecule has 1 rings (SSSR count). The normalized spacial score (nSPS) is 16.4. The molecule has 142 valence electrons. The highest BCUT2D eigenvalue weighted by Gasteiger charge is 2.15. The van der Waals surface area contributed by atoms with E-state index in [9.17, 15) is 4.79 Å². The van der Waals surface area contributed by atoms with Crippen molar-refractivity contribution in [3.05, 3.63) is 0 Å². The lowest BCUT2D eigenvalue weighted by atomic mass is 9.99. The van der Waals surface area contributed by atoms with E-state index in [2.05, 4.69) is 24.1 Å². The summed E-state index contributed by atoms with van der Waals surface area (Å²) >= 11 is 0. The van der Waals surface area contributed by atoms with Gasteiger partial charge in [-0.25, -0.2) is 0 Å². The number of unbranched alkanes of at least 4 members (excludes halogenated alkanes) is 9. The van der Waals surface area contributed by atoms with Gasteiger partial charge in [0.25, 0.3) is 0 Å². The molecule has 1 fully saturated rings. The molecule has 3 heteroatoms. The van der Waals surface area contributed by atoms with Crippen molar-refractivity contribution < 1.29 is 4.79 Å². The summed E-state index contributed by atoms with van der Waals surface area (Å²) in [6.45, 7) is 8.76. The fraction of sp³-hybridized carbons (Fsp3) is 0.952. The second-order valence-corrected chi connectivity index (χ2v) is 7.81. The lowest BCUT2D eigenvalue weighted by Gasteiger charge is -2.29. The number of rotatable bonds is 14. The van der Waals surface area contributed by atoms with Gasteiger partial charge in [0.1, 0.15) is 0 Å². The fourth-order valence-corrected chi connectivity index (χ4v) is 3.47. The molecule has 1 aliphatic rings. The van der Waals surface area contributed by atoms with Crippen molar-refractivity contribution >= 4 is 5.91 Å². The summed E-state index contributed by atoms with van der Waals surface area (Å²) in [5.74, 6) is 1.11. The third-order valence-electron chi connectivity index (χ3n) is 5.38. The summed E-state index contributed by atoms with van der Waals surface area (Å²) in [5, 5.41) is 3.09. The first-order valence-corrected chi connectivity index (χ1v) is 10.7. The fourth-order valence-electron chi connectivity index (χ4n) is 3.47.